The van der Waals surface area contributed by atoms with Crippen LogP contribution in [0.4, 0.5) is 4.39 Å². The first-order chi connectivity index (χ1) is 9.35. The van der Waals surface area contributed by atoms with Crippen molar-refractivity contribution in [2.75, 3.05) is 18.1 Å². The Labute approximate surface area is 120 Å². The maximum absolute atomic E-state index is 13.3. The van der Waals surface area contributed by atoms with Crippen molar-refractivity contribution in [3.05, 3.63) is 35.6 Å². The fraction of sp³-hybridized carbons (Fsp3) is 0.600. The van der Waals surface area contributed by atoms with Crippen LogP contribution in [-0.2, 0) is 16.4 Å². The Morgan fingerprint density at radius 2 is 2.15 bits per heavy atom. The predicted octanol–water partition coefficient (Wildman–Crippen LogP) is 2.47. The summed E-state index contributed by atoms with van der Waals surface area (Å²) < 4.78 is 36.6. The third-order valence-electron chi connectivity index (χ3n) is 3.60. The molecule has 0 bridgehead atoms. The average molecular weight is 299 g/mol. The summed E-state index contributed by atoms with van der Waals surface area (Å²) in [5.41, 5.74) is 0.898. The minimum Gasteiger partial charge on any atom is -0.295 e. The van der Waals surface area contributed by atoms with E-state index in [1.165, 1.54) is 12.1 Å². The number of nitrogens with zero attached hydrogens (tertiary/aromatic N) is 1. The lowest BCUT2D eigenvalue weighted by Crippen LogP contribution is -2.38. The second-order valence-electron chi connectivity index (χ2n) is 6.01. The first-order valence-corrected chi connectivity index (χ1v) is 8.87. The van der Waals surface area contributed by atoms with Gasteiger partial charge in [-0.1, -0.05) is 26.0 Å². The van der Waals surface area contributed by atoms with Crippen LogP contribution in [0.15, 0.2) is 24.3 Å². The first-order valence-electron chi connectivity index (χ1n) is 7.04. The summed E-state index contributed by atoms with van der Waals surface area (Å²) in [6.07, 6.45) is 0.685. The summed E-state index contributed by atoms with van der Waals surface area (Å²) in [4.78, 5) is 2.18. The van der Waals surface area contributed by atoms with Crippen LogP contribution in [0.3, 0.4) is 0 Å². The lowest BCUT2D eigenvalue weighted by molar-refractivity contribution is 0.181. The highest BCUT2D eigenvalue weighted by Crippen LogP contribution is 2.21. The van der Waals surface area contributed by atoms with Gasteiger partial charge in [-0.15, -0.1) is 0 Å². The molecular formula is C15H22FNO2S. The molecule has 1 atom stereocenters. The van der Waals surface area contributed by atoms with Gasteiger partial charge in [-0.3, -0.25) is 4.90 Å². The van der Waals surface area contributed by atoms with Gasteiger partial charge in [0.15, 0.2) is 9.84 Å². The summed E-state index contributed by atoms with van der Waals surface area (Å²) in [6, 6.07) is 6.60. The number of rotatable bonds is 5. The van der Waals surface area contributed by atoms with E-state index in [0.717, 1.165) is 12.1 Å². The fourth-order valence-corrected chi connectivity index (χ4v) is 4.51. The molecule has 0 unspecified atom stereocenters. The van der Waals surface area contributed by atoms with E-state index in [0.29, 0.717) is 18.9 Å². The molecule has 0 N–H and O–H groups in total. The molecule has 1 heterocycles. The summed E-state index contributed by atoms with van der Waals surface area (Å²) in [7, 11) is -2.89. The minimum absolute atomic E-state index is 0.0608. The molecule has 1 aliphatic heterocycles. The van der Waals surface area contributed by atoms with Crippen LogP contribution < -0.4 is 0 Å². The van der Waals surface area contributed by atoms with Gasteiger partial charge < -0.3 is 0 Å². The molecule has 3 nitrogen and oxygen atoms in total. The second kappa shape index (κ2) is 6.22. The van der Waals surface area contributed by atoms with Crippen molar-refractivity contribution in [1.29, 1.82) is 0 Å². The van der Waals surface area contributed by atoms with E-state index in [2.05, 4.69) is 18.7 Å². The summed E-state index contributed by atoms with van der Waals surface area (Å²) in [6.45, 7) is 5.66. The number of halogens is 1. The lowest BCUT2D eigenvalue weighted by atomic mass is 10.1. The van der Waals surface area contributed by atoms with Crippen molar-refractivity contribution in [3.63, 3.8) is 0 Å². The van der Waals surface area contributed by atoms with Gasteiger partial charge in [0.05, 0.1) is 11.5 Å². The van der Waals surface area contributed by atoms with Crippen molar-refractivity contribution in [2.45, 2.75) is 32.9 Å². The van der Waals surface area contributed by atoms with Crippen molar-refractivity contribution in [3.8, 4) is 0 Å². The van der Waals surface area contributed by atoms with Crippen LogP contribution in [0, 0.1) is 11.7 Å². The quantitative estimate of drug-likeness (QED) is 0.838. The Bertz CT molecular complexity index is 557. The largest absolute Gasteiger partial charge is 0.295 e. The highest BCUT2D eigenvalue weighted by Gasteiger charge is 2.32. The van der Waals surface area contributed by atoms with Crippen molar-refractivity contribution in [1.82, 2.24) is 4.90 Å². The van der Waals surface area contributed by atoms with Gasteiger partial charge in [-0.25, -0.2) is 12.8 Å². The van der Waals surface area contributed by atoms with Gasteiger partial charge in [0.25, 0.3) is 0 Å². The second-order valence-corrected chi connectivity index (χ2v) is 8.24. The summed E-state index contributed by atoms with van der Waals surface area (Å²) >= 11 is 0. The Balaban J connectivity index is 2.12. The van der Waals surface area contributed by atoms with E-state index < -0.39 is 9.84 Å². The van der Waals surface area contributed by atoms with Gasteiger partial charge in [-0.2, -0.15) is 0 Å². The molecule has 1 aliphatic rings. The normalized spacial score (nSPS) is 21.8. The molecule has 112 valence electrons. The Hall–Kier alpha value is -0.940. The molecule has 0 spiro atoms. The topological polar surface area (TPSA) is 37.4 Å². The summed E-state index contributed by atoms with van der Waals surface area (Å²) in [5.74, 6) is 0.711. The third kappa shape index (κ3) is 4.28. The van der Waals surface area contributed by atoms with E-state index in [4.69, 9.17) is 0 Å². The predicted molar refractivity (Wildman–Crippen MR) is 78.7 cm³/mol. The molecule has 0 aliphatic carbocycles. The SMILES string of the molecule is CC(C)CN(Cc1cccc(F)c1)[C@@H]1CCS(=O)(=O)C1. The van der Waals surface area contributed by atoms with E-state index in [9.17, 15) is 12.8 Å². The minimum atomic E-state index is -2.89. The van der Waals surface area contributed by atoms with Crippen LogP contribution in [0.1, 0.15) is 25.8 Å². The van der Waals surface area contributed by atoms with Gasteiger partial charge in [0.1, 0.15) is 5.82 Å². The molecule has 20 heavy (non-hydrogen) atoms. The molecule has 0 saturated carbocycles. The Morgan fingerprint density at radius 1 is 1.40 bits per heavy atom. The number of benzene rings is 1. The van der Waals surface area contributed by atoms with Crippen LogP contribution in [0.2, 0.25) is 0 Å². The smallest absolute Gasteiger partial charge is 0.151 e. The van der Waals surface area contributed by atoms with E-state index in [1.807, 2.05) is 6.07 Å². The average Bonchev–Trinajstić information content (AvgIpc) is 2.68. The van der Waals surface area contributed by atoms with Crippen LogP contribution in [0.25, 0.3) is 0 Å². The summed E-state index contributed by atoms with van der Waals surface area (Å²) in [5, 5.41) is 0. The lowest BCUT2D eigenvalue weighted by Gasteiger charge is -2.29. The maximum Gasteiger partial charge on any atom is 0.151 e. The van der Waals surface area contributed by atoms with Crippen LogP contribution in [0.5, 0.6) is 0 Å². The maximum atomic E-state index is 13.3. The molecule has 1 aromatic carbocycles. The molecule has 0 aromatic heterocycles. The number of hydrogen-bond acceptors (Lipinski definition) is 3. The first kappa shape index (κ1) is 15.4. The number of sulfone groups is 1. The van der Waals surface area contributed by atoms with Crippen molar-refractivity contribution in [2.24, 2.45) is 5.92 Å². The molecule has 1 saturated heterocycles. The molecule has 2 rings (SSSR count). The van der Waals surface area contributed by atoms with Gasteiger partial charge in [0, 0.05) is 19.1 Å². The van der Waals surface area contributed by atoms with Crippen molar-refractivity contribution >= 4 is 9.84 Å². The van der Waals surface area contributed by atoms with Crippen molar-refractivity contribution < 1.29 is 12.8 Å². The molecule has 1 aromatic rings. The molecule has 0 radical (unpaired) electrons. The zero-order valence-electron chi connectivity index (χ0n) is 12.0. The molecular weight excluding hydrogens is 277 g/mol. The third-order valence-corrected chi connectivity index (χ3v) is 5.35. The number of hydrogen-bond donors (Lipinski definition) is 0. The van der Waals surface area contributed by atoms with Gasteiger partial charge >= 0.3 is 0 Å². The van der Waals surface area contributed by atoms with Gasteiger partial charge in [-0.05, 0) is 30.0 Å². The van der Waals surface area contributed by atoms with Crippen LogP contribution in [-0.4, -0.2) is 37.4 Å². The van der Waals surface area contributed by atoms with Crippen LogP contribution >= 0.6 is 0 Å². The highest BCUT2D eigenvalue weighted by atomic mass is 32.2. The van der Waals surface area contributed by atoms with Gasteiger partial charge in [0.2, 0.25) is 0 Å². The Kier molecular flexibility index (Phi) is 4.81. The molecule has 1 fully saturated rings. The molecule has 5 heteroatoms. The standard InChI is InChI=1S/C15H22FNO2S/c1-12(2)9-17(15-6-7-20(18,19)11-15)10-13-4-3-5-14(16)8-13/h3-5,8,12,15H,6-7,9-11H2,1-2H3/t15-/m1/s1. The van der Waals surface area contributed by atoms with E-state index >= 15 is 0 Å². The monoisotopic (exact) mass is 299 g/mol. The highest BCUT2D eigenvalue weighted by molar-refractivity contribution is 7.91. The fourth-order valence-electron chi connectivity index (χ4n) is 2.74. The zero-order valence-corrected chi connectivity index (χ0v) is 12.9. The Morgan fingerprint density at radius 3 is 2.70 bits per heavy atom. The van der Waals surface area contributed by atoms with E-state index in [1.54, 1.807) is 6.07 Å². The van der Waals surface area contributed by atoms with E-state index in [-0.39, 0.29) is 23.4 Å². The molecule has 0 amide bonds. The zero-order chi connectivity index (χ0) is 14.8.